The number of hydrogen-bond donors (Lipinski definition) is 3. The van der Waals surface area contributed by atoms with Crippen LogP contribution in [0.4, 0.5) is 5.82 Å². The van der Waals surface area contributed by atoms with Crippen molar-refractivity contribution in [1.29, 1.82) is 0 Å². The van der Waals surface area contributed by atoms with E-state index >= 15 is 0 Å². The van der Waals surface area contributed by atoms with Gasteiger partial charge < -0.3 is 15.4 Å². The topological polar surface area (TPSA) is 95.1 Å². The molecular weight excluding hydrogens is 246 g/mol. The number of H-pyrrole nitrogens is 1. The highest BCUT2D eigenvalue weighted by Crippen LogP contribution is 2.15. The summed E-state index contributed by atoms with van der Waals surface area (Å²) in [5.74, 6) is 0.771. The number of aromatic amines is 1. The molecule has 0 radical (unpaired) electrons. The molecular formula is C13H21N3O3. The Balaban J connectivity index is 2.39. The van der Waals surface area contributed by atoms with E-state index in [-0.39, 0.29) is 12.0 Å². The van der Waals surface area contributed by atoms with E-state index in [0.717, 1.165) is 12.8 Å². The predicted octanol–water partition coefficient (Wildman–Crippen LogP) is 1.77. The van der Waals surface area contributed by atoms with Crippen LogP contribution >= 0.6 is 0 Å². The lowest BCUT2D eigenvalue weighted by Gasteiger charge is -2.14. The Kier molecular flexibility index (Phi) is 6.05. The zero-order valence-corrected chi connectivity index (χ0v) is 11.4. The van der Waals surface area contributed by atoms with E-state index < -0.39 is 5.97 Å². The van der Waals surface area contributed by atoms with Crippen molar-refractivity contribution in [1.82, 2.24) is 9.97 Å². The highest BCUT2D eigenvalue weighted by atomic mass is 16.4. The minimum absolute atomic E-state index is 0.173. The minimum Gasteiger partial charge on any atom is -0.481 e. The molecule has 6 nitrogen and oxygen atoms in total. The normalized spacial score (nSPS) is 12.1. The van der Waals surface area contributed by atoms with Gasteiger partial charge in [0.15, 0.2) is 0 Å². The van der Waals surface area contributed by atoms with Gasteiger partial charge in [-0.05, 0) is 25.7 Å². The van der Waals surface area contributed by atoms with Gasteiger partial charge in [0.2, 0.25) is 0 Å². The number of nitrogens with zero attached hydrogens (tertiary/aromatic N) is 1. The van der Waals surface area contributed by atoms with E-state index in [0.29, 0.717) is 30.5 Å². The SMILES string of the molecule is CCC(CCNc1cc(=O)[nH]c(C)n1)CCC(=O)O. The molecule has 0 aliphatic rings. The van der Waals surface area contributed by atoms with Crippen molar-refractivity contribution in [2.24, 2.45) is 5.92 Å². The number of carboxylic acid groups (broad SMARTS) is 1. The smallest absolute Gasteiger partial charge is 0.303 e. The summed E-state index contributed by atoms with van der Waals surface area (Å²) in [7, 11) is 0. The molecule has 0 aromatic carbocycles. The molecule has 0 spiro atoms. The Bertz CT molecular complexity index is 470. The van der Waals surface area contributed by atoms with Crippen LogP contribution in [0, 0.1) is 12.8 Å². The fraction of sp³-hybridized carbons (Fsp3) is 0.615. The Labute approximate surface area is 112 Å². The first-order valence-electron chi connectivity index (χ1n) is 6.55. The molecule has 106 valence electrons. The minimum atomic E-state index is -0.752. The van der Waals surface area contributed by atoms with Gasteiger partial charge in [-0.2, -0.15) is 0 Å². The number of aryl methyl sites for hydroxylation is 1. The number of nitrogens with one attached hydrogen (secondary N) is 2. The highest BCUT2D eigenvalue weighted by molar-refractivity contribution is 5.66. The maximum Gasteiger partial charge on any atom is 0.303 e. The van der Waals surface area contributed by atoms with Crippen molar-refractivity contribution in [3.05, 3.63) is 22.2 Å². The quantitative estimate of drug-likeness (QED) is 0.667. The second kappa shape index (κ2) is 7.56. The van der Waals surface area contributed by atoms with Crippen LogP contribution in [0.25, 0.3) is 0 Å². The van der Waals surface area contributed by atoms with Crippen LogP contribution in [0.1, 0.15) is 38.4 Å². The molecule has 19 heavy (non-hydrogen) atoms. The summed E-state index contributed by atoms with van der Waals surface area (Å²) in [6.45, 7) is 4.48. The summed E-state index contributed by atoms with van der Waals surface area (Å²) in [6, 6.07) is 1.42. The second-order valence-corrected chi connectivity index (χ2v) is 4.64. The second-order valence-electron chi connectivity index (χ2n) is 4.64. The molecule has 1 aromatic rings. The van der Waals surface area contributed by atoms with Crippen LogP contribution in [0.15, 0.2) is 10.9 Å². The van der Waals surface area contributed by atoms with Crippen LogP contribution in [-0.4, -0.2) is 27.6 Å². The van der Waals surface area contributed by atoms with Crippen LogP contribution in [-0.2, 0) is 4.79 Å². The van der Waals surface area contributed by atoms with E-state index in [9.17, 15) is 9.59 Å². The first-order chi connectivity index (χ1) is 9.01. The summed E-state index contributed by atoms with van der Waals surface area (Å²) >= 11 is 0. The van der Waals surface area contributed by atoms with Gasteiger partial charge in [-0.3, -0.25) is 9.59 Å². The van der Waals surface area contributed by atoms with Gasteiger partial charge in [-0.1, -0.05) is 13.3 Å². The fourth-order valence-electron chi connectivity index (χ4n) is 1.95. The number of rotatable bonds is 8. The number of anilines is 1. The summed E-state index contributed by atoms with van der Waals surface area (Å²) in [4.78, 5) is 28.5. The van der Waals surface area contributed by atoms with Crippen LogP contribution in [0.2, 0.25) is 0 Å². The first-order valence-corrected chi connectivity index (χ1v) is 6.55. The standard InChI is InChI=1S/C13H21N3O3/c1-3-10(4-5-13(18)19)6-7-14-11-8-12(17)16-9(2)15-11/h8,10H,3-7H2,1-2H3,(H,18,19)(H2,14,15,16,17). The zero-order valence-electron chi connectivity index (χ0n) is 11.4. The molecule has 1 atom stereocenters. The number of carboxylic acids is 1. The average Bonchev–Trinajstić information content (AvgIpc) is 2.32. The lowest BCUT2D eigenvalue weighted by atomic mass is 9.97. The van der Waals surface area contributed by atoms with Crippen molar-refractivity contribution in [3.8, 4) is 0 Å². The lowest BCUT2D eigenvalue weighted by Crippen LogP contribution is -2.14. The largest absolute Gasteiger partial charge is 0.481 e. The van der Waals surface area contributed by atoms with Gasteiger partial charge in [0.25, 0.3) is 5.56 Å². The molecule has 3 N–H and O–H groups in total. The van der Waals surface area contributed by atoms with Gasteiger partial charge in [0.1, 0.15) is 11.6 Å². The third-order valence-electron chi connectivity index (χ3n) is 3.06. The number of aromatic nitrogens is 2. The van der Waals surface area contributed by atoms with E-state index in [2.05, 4.69) is 22.2 Å². The van der Waals surface area contributed by atoms with Crippen LogP contribution in [0.3, 0.4) is 0 Å². The zero-order chi connectivity index (χ0) is 14.3. The monoisotopic (exact) mass is 267 g/mol. The van der Waals surface area contributed by atoms with E-state index in [1.807, 2.05) is 0 Å². The first kappa shape index (κ1) is 15.2. The van der Waals surface area contributed by atoms with Gasteiger partial charge in [-0.15, -0.1) is 0 Å². The predicted molar refractivity (Wildman–Crippen MR) is 73.4 cm³/mol. The third-order valence-corrected chi connectivity index (χ3v) is 3.06. The molecule has 1 rings (SSSR count). The third kappa shape index (κ3) is 6.03. The summed E-state index contributed by atoms with van der Waals surface area (Å²) in [6.07, 6.45) is 2.73. The molecule has 6 heteroatoms. The van der Waals surface area contributed by atoms with Gasteiger partial charge in [0.05, 0.1) is 0 Å². The maximum atomic E-state index is 11.2. The Hall–Kier alpha value is -1.85. The molecule has 1 aromatic heterocycles. The van der Waals surface area contributed by atoms with Gasteiger partial charge >= 0.3 is 5.97 Å². The van der Waals surface area contributed by atoms with Crippen molar-refractivity contribution in [2.75, 3.05) is 11.9 Å². The molecule has 1 heterocycles. The van der Waals surface area contributed by atoms with Crippen LogP contribution < -0.4 is 10.9 Å². The summed E-state index contributed by atoms with van der Waals surface area (Å²) in [5, 5.41) is 11.8. The molecule has 0 saturated carbocycles. The summed E-state index contributed by atoms with van der Waals surface area (Å²) < 4.78 is 0. The number of aliphatic carboxylic acids is 1. The highest BCUT2D eigenvalue weighted by Gasteiger charge is 2.09. The molecule has 0 saturated heterocycles. The van der Waals surface area contributed by atoms with Gasteiger partial charge in [0, 0.05) is 19.0 Å². The van der Waals surface area contributed by atoms with E-state index in [1.54, 1.807) is 6.92 Å². The van der Waals surface area contributed by atoms with E-state index in [1.165, 1.54) is 6.07 Å². The Morgan fingerprint density at radius 2 is 2.26 bits per heavy atom. The fourth-order valence-corrected chi connectivity index (χ4v) is 1.95. The molecule has 0 aliphatic heterocycles. The molecule has 0 fully saturated rings. The lowest BCUT2D eigenvalue weighted by molar-refractivity contribution is -0.137. The molecule has 0 aliphatic carbocycles. The maximum absolute atomic E-state index is 11.2. The van der Waals surface area contributed by atoms with Crippen molar-refractivity contribution < 1.29 is 9.90 Å². The Morgan fingerprint density at radius 1 is 1.53 bits per heavy atom. The van der Waals surface area contributed by atoms with E-state index in [4.69, 9.17) is 5.11 Å². The molecule has 0 bridgehead atoms. The van der Waals surface area contributed by atoms with Crippen molar-refractivity contribution in [2.45, 2.75) is 39.5 Å². The molecule has 1 unspecified atom stereocenters. The number of hydrogen-bond acceptors (Lipinski definition) is 4. The van der Waals surface area contributed by atoms with Crippen LogP contribution in [0.5, 0.6) is 0 Å². The Morgan fingerprint density at radius 3 is 2.84 bits per heavy atom. The van der Waals surface area contributed by atoms with Gasteiger partial charge in [-0.25, -0.2) is 4.98 Å². The van der Waals surface area contributed by atoms with Crippen molar-refractivity contribution in [3.63, 3.8) is 0 Å². The summed E-state index contributed by atoms with van der Waals surface area (Å²) in [5.41, 5.74) is -0.173. The van der Waals surface area contributed by atoms with Crippen molar-refractivity contribution >= 4 is 11.8 Å². The number of carbonyl (C=O) groups is 1. The average molecular weight is 267 g/mol. The molecule has 0 amide bonds.